The van der Waals surface area contributed by atoms with E-state index in [0.717, 1.165) is 11.3 Å². The van der Waals surface area contributed by atoms with Crippen LogP contribution in [0.1, 0.15) is 34.1 Å². The highest BCUT2D eigenvalue weighted by atomic mass is 16.2. The Morgan fingerprint density at radius 2 is 2.12 bits per heavy atom. The minimum Gasteiger partial charge on any atom is -0.350 e. The van der Waals surface area contributed by atoms with Crippen LogP contribution >= 0.6 is 0 Å². The van der Waals surface area contributed by atoms with E-state index in [1.807, 2.05) is 19.9 Å². The van der Waals surface area contributed by atoms with E-state index in [4.69, 9.17) is 12.2 Å². The van der Waals surface area contributed by atoms with Crippen LogP contribution in [0.25, 0.3) is 0 Å². The van der Waals surface area contributed by atoms with E-state index < -0.39 is 6.03 Å². The van der Waals surface area contributed by atoms with Crippen molar-refractivity contribution in [3.8, 4) is 12.3 Å². The molecule has 0 spiro atoms. The predicted octanol–water partition coefficient (Wildman–Crippen LogP) is 2.03. The van der Waals surface area contributed by atoms with Crippen LogP contribution in [0.4, 0.5) is 4.79 Å². The van der Waals surface area contributed by atoms with Crippen molar-refractivity contribution >= 4 is 11.7 Å². The fraction of sp³-hybridized carbons (Fsp3) is 0.500. The van der Waals surface area contributed by atoms with Gasteiger partial charge in [0.05, 0.1) is 0 Å². The van der Waals surface area contributed by atoms with Crippen molar-refractivity contribution in [2.24, 2.45) is 16.3 Å². The first-order valence-corrected chi connectivity index (χ1v) is 5.01. The number of nitrogens with one attached hydrogen (secondary N) is 1. The average molecular weight is 221 g/mol. The molecule has 0 rings (SSSR count). The third-order valence-electron chi connectivity index (χ3n) is 1.90. The minimum atomic E-state index is -0.660. The Balaban J connectivity index is 4.54. The molecule has 0 fully saturated rings. The van der Waals surface area contributed by atoms with Gasteiger partial charge in [-0.05, 0) is 31.3 Å². The molecule has 0 saturated heterocycles. The zero-order valence-electron chi connectivity index (χ0n) is 10.3. The average Bonchev–Trinajstić information content (AvgIpc) is 2.13. The number of amides is 2. The maximum absolute atomic E-state index is 10.5. The van der Waals surface area contributed by atoms with Gasteiger partial charge in [-0.3, -0.25) is 0 Å². The molecule has 0 aliphatic heterocycles. The summed E-state index contributed by atoms with van der Waals surface area (Å²) in [4.78, 5) is 10.5. The lowest BCUT2D eigenvalue weighted by Crippen LogP contribution is -2.26. The molecule has 0 aliphatic rings. The lowest BCUT2D eigenvalue weighted by Gasteiger charge is -2.20. The molecule has 0 aromatic heterocycles. The van der Waals surface area contributed by atoms with Crippen LogP contribution in [0.3, 0.4) is 0 Å². The number of hydrogen-bond acceptors (Lipinski definition) is 2. The number of primary amides is 1. The third kappa shape index (κ3) is 6.66. The summed E-state index contributed by atoms with van der Waals surface area (Å²) in [7, 11) is 0. The summed E-state index contributed by atoms with van der Waals surface area (Å²) in [6.07, 6.45) is 8.00. The van der Waals surface area contributed by atoms with E-state index in [9.17, 15) is 4.79 Å². The Morgan fingerprint density at radius 1 is 1.56 bits per heavy atom. The summed E-state index contributed by atoms with van der Waals surface area (Å²) in [5, 5.41) is 3.85. The summed E-state index contributed by atoms with van der Waals surface area (Å²) in [6.45, 7) is 7.82. The molecule has 0 heterocycles. The maximum atomic E-state index is 10.5. The second-order valence-corrected chi connectivity index (χ2v) is 4.46. The van der Waals surface area contributed by atoms with Crippen LogP contribution in [0.15, 0.2) is 16.8 Å². The minimum absolute atomic E-state index is 0.0939. The fourth-order valence-electron chi connectivity index (χ4n) is 1.53. The highest BCUT2D eigenvalue weighted by Crippen LogP contribution is 2.24. The lowest BCUT2D eigenvalue weighted by molar-refractivity contribution is 0.249. The monoisotopic (exact) mass is 221 g/mol. The van der Waals surface area contributed by atoms with Crippen LogP contribution in [0.2, 0.25) is 0 Å². The van der Waals surface area contributed by atoms with Gasteiger partial charge in [-0.2, -0.15) is 5.10 Å². The van der Waals surface area contributed by atoms with Gasteiger partial charge in [-0.25, -0.2) is 10.2 Å². The van der Waals surface area contributed by atoms with Crippen molar-refractivity contribution in [3.63, 3.8) is 0 Å². The van der Waals surface area contributed by atoms with Gasteiger partial charge in [0, 0.05) is 5.71 Å². The van der Waals surface area contributed by atoms with Gasteiger partial charge in [-0.15, -0.1) is 6.42 Å². The van der Waals surface area contributed by atoms with Crippen LogP contribution < -0.4 is 11.2 Å². The molecule has 4 nitrogen and oxygen atoms in total. The fourth-order valence-corrected chi connectivity index (χ4v) is 1.53. The van der Waals surface area contributed by atoms with Crippen molar-refractivity contribution in [1.29, 1.82) is 0 Å². The van der Waals surface area contributed by atoms with E-state index >= 15 is 0 Å². The largest absolute Gasteiger partial charge is 0.350 e. The van der Waals surface area contributed by atoms with Crippen molar-refractivity contribution in [2.45, 2.75) is 34.1 Å². The number of carbonyl (C=O) groups is 1. The second-order valence-electron chi connectivity index (χ2n) is 4.46. The Morgan fingerprint density at radius 3 is 2.56 bits per heavy atom. The van der Waals surface area contributed by atoms with E-state index in [-0.39, 0.29) is 5.41 Å². The second kappa shape index (κ2) is 5.96. The molecular weight excluding hydrogens is 202 g/mol. The number of urea groups is 1. The highest BCUT2D eigenvalue weighted by Gasteiger charge is 2.16. The van der Waals surface area contributed by atoms with Crippen LogP contribution in [0, 0.1) is 17.8 Å². The lowest BCUT2D eigenvalue weighted by atomic mass is 9.85. The van der Waals surface area contributed by atoms with Crippen molar-refractivity contribution in [1.82, 2.24) is 5.43 Å². The van der Waals surface area contributed by atoms with Crippen LogP contribution in [-0.2, 0) is 0 Å². The van der Waals surface area contributed by atoms with E-state index in [0.29, 0.717) is 6.42 Å². The first kappa shape index (κ1) is 14.2. The summed E-state index contributed by atoms with van der Waals surface area (Å²) in [5.41, 5.74) is 8.70. The standard InChI is InChI=1S/C12H19N3O/c1-6-9(2)7-12(4,5)8-10(3)14-15-11(13)16/h1,7H,8H2,2-5H3,(H3,13,15,16)/b9-7+,14-10-. The summed E-state index contributed by atoms with van der Waals surface area (Å²) < 4.78 is 0. The predicted molar refractivity (Wildman–Crippen MR) is 66.8 cm³/mol. The number of nitrogens with zero attached hydrogens (tertiary/aromatic N) is 1. The Hall–Kier alpha value is -1.76. The number of allylic oxidation sites excluding steroid dienone is 2. The molecule has 0 aromatic carbocycles. The molecule has 3 N–H and O–H groups in total. The molecule has 16 heavy (non-hydrogen) atoms. The smallest absolute Gasteiger partial charge is 0.332 e. The molecule has 0 aromatic rings. The molecule has 0 aliphatic carbocycles. The highest BCUT2D eigenvalue weighted by molar-refractivity contribution is 5.84. The normalized spacial score (nSPS) is 13.2. The Kier molecular flexibility index (Phi) is 5.31. The summed E-state index contributed by atoms with van der Waals surface area (Å²) in [5.74, 6) is 2.58. The van der Waals surface area contributed by atoms with Gasteiger partial charge >= 0.3 is 6.03 Å². The van der Waals surface area contributed by atoms with Gasteiger partial charge in [-0.1, -0.05) is 25.8 Å². The van der Waals surface area contributed by atoms with Crippen molar-refractivity contribution in [3.05, 3.63) is 11.6 Å². The summed E-state index contributed by atoms with van der Waals surface area (Å²) >= 11 is 0. The molecule has 0 saturated carbocycles. The van der Waals surface area contributed by atoms with Gasteiger partial charge in [0.1, 0.15) is 0 Å². The third-order valence-corrected chi connectivity index (χ3v) is 1.90. The SMILES string of the molecule is C#C/C(C)=C/C(C)(C)C/C(C)=N\NC(N)=O. The molecule has 88 valence electrons. The number of rotatable bonds is 4. The topological polar surface area (TPSA) is 67.5 Å². The number of terminal acetylenes is 1. The molecule has 4 heteroatoms. The number of hydrazone groups is 1. The summed E-state index contributed by atoms with van der Waals surface area (Å²) in [6, 6.07) is -0.660. The zero-order valence-corrected chi connectivity index (χ0v) is 10.3. The van der Waals surface area contributed by atoms with Crippen LogP contribution in [0.5, 0.6) is 0 Å². The van der Waals surface area contributed by atoms with E-state index in [1.165, 1.54) is 0 Å². The first-order valence-electron chi connectivity index (χ1n) is 5.01. The molecule has 0 unspecified atom stereocenters. The number of hydrogen-bond donors (Lipinski definition) is 2. The van der Waals surface area contributed by atoms with Gasteiger partial charge in [0.25, 0.3) is 0 Å². The van der Waals surface area contributed by atoms with E-state index in [1.54, 1.807) is 0 Å². The molecule has 0 atom stereocenters. The molecule has 0 radical (unpaired) electrons. The van der Waals surface area contributed by atoms with Crippen molar-refractivity contribution < 1.29 is 4.79 Å². The quantitative estimate of drug-likeness (QED) is 0.425. The molecular formula is C12H19N3O. The molecule has 0 bridgehead atoms. The van der Waals surface area contributed by atoms with Gasteiger partial charge in [0.15, 0.2) is 0 Å². The number of carbonyl (C=O) groups excluding carboxylic acids is 1. The maximum Gasteiger partial charge on any atom is 0.332 e. The first-order chi connectivity index (χ1) is 7.26. The van der Waals surface area contributed by atoms with Crippen LogP contribution in [-0.4, -0.2) is 11.7 Å². The van der Waals surface area contributed by atoms with E-state index in [2.05, 4.69) is 30.3 Å². The Labute approximate surface area is 97.0 Å². The van der Waals surface area contributed by atoms with Crippen molar-refractivity contribution in [2.75, 3.05) is 0 Å². The number of nitrogens with two attached hydrogens (primary N) is 1. The Bertz CT molecular complexity index is 359. The zero-order chi connectivity index (χ0) is 12.8. The van der Waals surface area contributed by atoms with Gasteiger partial charge < -0.3 is 5.73 Å². The molecule has 2 amide bonds. The van der Waals surface area contributed by atoms with Gasteiger partial charge in [0.2, 0.25) is 0 Å².